The van der Waals surface area contributed by atoms with E-state index < -0.39 is 11.7 Å². The highest BCUT2D eigenvalue weighted by Crippen LogP contribution is 2.30. The van der Waals surface area contributed by atoms with E-state index in [1.165, 1.54) is 28.3 Å². The van der Waals surface area contributed by atoms with Crippen molar-refractivity contribution >= 4 is 11.3 Å². The van der Waals surface area contributed by atoms with E-state index in [1.807, 2.05) is 4.57 Å². The Bertz CT molecular complexity index is 697. The maximum absolute atomic E-state index is 12.7. The molecule has 6 heteroatoms. The molecule has 0 radical (unpaired) electrons. The standard InChI is InChI=1S/C14H13F3N2S/c15-14(16,17)10-4-1-3-9(7-10)8-19-11-5-2-6-12(11)20-13(19)18/h1,3-4,7,18H,2,5-6,8H2. The van der Waals surface area contributed by atoms with E-state index in [2.05, 4.69) is 0 Å². The molecule has 0 fully saturated rings. The highest BCUT2D eigenvalue weighted by molar-refractivity contribution is 7.09. The van der Waals surface area contributed by atoms with Crippen LogP contribution in [0.3, 0.4) is 0 Å². The molecule has 3 rings (SSSR count). The Morgan fingerprint density at radius 3 is 2.80 bits per heavy atom. The van der Waals surface area contributed by atoms with Gasteiger partial charge in [0.15, 0.2) is 4.80 Å². The average Bonchev–Trinajstić information content (AvgIpc) is 2.92. The van der Waals surface area contributed by atoms with Gasteiger partial charge in [-0.2, -0.15) is 13.2 Å². The van der Waals surface area contributed by atoms with Crippen molar-refractivity contribution in [1.82, 2.24) is 4.57 Å². The van der Waals surface area contributed by atoms with E-state index >= 15 is 0 Å². The Balaban J connectivity index is 1.95. The highest BCUT2D eigenvalue weighted by atomic mass is 32.1. The van der Waals surface area contributed by atoms with Crippen LogP contribution in [0.2, 0.25) is 0 Å². The zero-order chi connectivity index (χ0) is 14.3. The Morgan fingerprint density at radius 2 is 2.05 bits per heavy atom. The van der Waals surface area contributed by atoms with Gasteiger partial charge in [0.1, 0.15) is 0 Å². The summed E-state index contributed by atoms with van der Waals surface area (Å²) < 4.78 is 39.9. The minimum Gasteiger partial charge on any atom is -0.317 e. The van der Waals surface area contributed by atoms with Crippen molar-refractivity contribution in [3.05, 3.63) is 50.8 Å². The third-order valence-electron chi connectivity index (χ3n) is 3.53. The van der Waals surface area contributed by atoms with Crippen molar-refractivity contribution in [3.63, 3.8) is 0 Å². The number of thiazole rings is 1. The molecule has 0 bridgehead atoms. The fourth-order valence-electron chi connectivity index (χ4n) is 2.59. The van der Waals surface area contributed by atoms with Crippen molar-refractivity contribution in [2.24, 2.45) is 0 Å². The Kier molecular flexibility index (Phi) is 3.20. The summed E-state index contributed by atoms with van der Waals surface area (Å²) in [5.74, 6) is 0. The van der Waals surface area contributed by atoms with Gasteiger partial charge >= 0.3 is 6.18 Å². The second-order valence-corrected chi connectivity index (χ2v) is 6.00. The molecule has 2 aromatic rings. The molecular weight excluding hydrogens is 285 g/mol. The van der Waals surface area contributed by atoms with Gasteiger partial charge in [0, 0.05) is 10.6 Å². The number of aromatic nitrogens is 1. The molecule has 0 atom stereocenters. The Morgan fingerprint density at radius 1 is 1.25 bits per heavy atom. The van der Waals surface area contributed by atoms with Gasteiger partial charge in [-0.05, 0) is 37.0 Å². The van der Waals surface area contributed by atoms with E-state index in [1.54, 1.807) is 6.07 Å². The van der Waals surface area contributed by atoms with Crippen molar-refractivity contribution in [3.8, 4) is 0 Å². The van der Waals surface area contributed by atoms with E-state index in [9.17, 15) is 13.2 Å². The normalized spacial score (nSPS) is 14.6. The number of rotatable bonds is 2. The van der Waals surface area contributed by atoms with Crippen LogP contribution in [0.5, 0.6) is 0 Å². The molecule has 0 unspecified atom stereocenters. The molecular formula is C14H13F3N2S. The van der Waals surface area contributed by atoms with Gasteiger partial charge < -0.3 is 4.57 Å². The number of halogens is 3. The van der Waals surface area contributed by atoms with Crippen LogP contribution < -0.4 is 4.80 Å². The fourth-order valence-corrected chi connectivity index (χ4v) is 3.68. The van der Waals surface area contributed by atoms with Crippen LogP contribution in [0.1, 0.15) is 28.1 Å². The number of benzene rings is 1. The summed E-state index contributed by atoms with van der Waals surface area (Å²) in [6.07, 6.45) is -1.34. The fraction of sp³-hybridized carbons (Fsp3) is 0.357. The van der Waals surface area contributed by atoms with Crippen LogP contribution in [0.15, 0.2) is 24.3 Å². The molecule has 106 valence electrons. The minimum atomic E-state index is -4.32. The summed E-state index contributed by atoms with van der Waals surface area (Å²) in [6, 6.07) is 5.36. The Hall–Kier alpha value is -1.56. The monoisotopic (exact) mass is 298 g/mol. The molecule has 1 aliphatic rings. The van der Waals surface area contributed by atoms with Gasteiger partial charge in [0.25, 0.3) is 0 Å². The van der Waals surface area contributed by atoms with Crippen LogP contribution in [-0.2, 0) is 25.6 Å². The third kappa shape index (κ3) is 2.40. The molecule has 2 nitrogen and oxygen atoms in total. The maximum Gasteiger partial charge on any atom is 0.416 e. The quantitative estimate of drug-likeness (QED) is 0.878. The average molecular weight is 298 g/mol. The number of alkyl halides is 3. The van der Waals surface area contributed by atoms with Gasteiger partial charge in [0.05, 0.1) is 12.1 Å². The predicted octanol–water partition coefficient (Wildman–Crippen LogP) is 3.58. The van der Waals surface area contributed by atoms with Crippen LogP contribution >= 0.6 is 11.3 Å². The van der Waals surface area contributed by atoms with Crippen LogP contribution in [0.4, 0.5) is 13.2 Å². The molecule has 0 saturated carbocycles. The molecule has 0 amide bonds. The molecule has 1 heterocycles. The van der Waals surface area contributed by atoms with Gasteiger partial charge in [-0.25, -0.2) is 0 Å². The van der Waals surface area contributed by atoms with E-state index in [0.717, 1.165) is 31.0 Å². The molecule has 0 saturated heterocycles. The number of hydrogen-bond acceptors (Lipinski definition) is 2. The predicted molar refractivity (Wildman–Crippen MR) is 70.7 cm³/mol. The maximum atomic E-state index is 12.7. The number of nitrogens with zero attached hydrogens (tertiary/aromatic N) is 1. The smallest absolute Gasteiger partial charge is 0.317 e. The van der Waals surface area contributed by atoms with E-state index in [4.69, 9.17) is 5.41 Å². The van der Waals surface area contributed by atoms with E-state index in [-0.39, 0.29) is 0 Å². The van der Waals surface area contributed by atoms with Crippen molar-refractivity contribution in [2.75, 3.05) is 0 Å². The zero-order valence-corrected chi connectivity index (χ0v) is 11.4. The molecule has 1 aromatic carbocycles. The number of fused-ring (bicyclic) bond motifs is 1. The van der Waals surface area contributed by atoms with Crippen LogP contribution in [0.25, 0.3) is 0 Å². The summed E-state index contributed by atoms with van der Waals surface area (Å²) in [7, 11) is 0. The van der Waals surface area contributed by atoms with Gasteiger partial charge in [0.2, 0.25) is 0 Å². The van der Waals surface area contributed by atoms with Crippen LogP contribution in [0, 0.1) is 5.41 Å². The first-order valence-electron chi connectivity index (χ1n) is 6.37. The van der Waals surface area contributed by atoms with Crippen molar-refractivity contribution in [1.29, 1.82) is 5.41 Å². The Labute approximate surface area is 118 Å². The van der Waals surface area contributed by atoms with Crippen molar-refractivity contribution in [2.45, 2.75) is 32.0 Å². The largest absolute Gasteiger partial charge is 0.416 e. The van der Waals surface area contributed by atoms with Gasteiger partial charge in [-0.3, -0.25) is 5.41 Å². The summed E-state index contributed by atoms with van der Waals surface area (Å²) in [5, 5.41) is 7.95. The van der Waals surface area contributed by atoms with Gasteiger partial charge in [-0.1, -0.05) is 12.1 Å². The summed E-state index contributed by atoms with van der Waals surface area (Å²) in [6.45, 7) is 0.342. The topological polar surface area (TPSA) is 28.8 Å². The molecule has 1 N–H and O–H groups in total. The van der Waals surface area contributed by atoms with E-state index in [0.29, 0.717) is 16.9 Å². The first-order valence-corrected chi connectivity index (χ1v) is 7.19. The first kappa shape index (κ1) is 13.4. The third-order valence-corrected chi connectivity index (χ3v) is 4.63. The lowest BCUT2D eigenvalue weighted by Crippen LogP contribution is -2.17. The number of aryl methyl sites for hydroxylation is 1. The van der Waals surface area contributed by atoms with Crippen LogP contribution in [-0.4, -0.2) is 4.57 Å². The van der Waals surface area contributed by atoms with Gasteiger partial charge in [-0.15, -0.1) is 11.3 Å². The number of nitrogens with one attached hydrogen (secondary N) is 1. The SMILES string of the molecule is N=c1sc2c(n1Cc1cccc(C(F)(F)F)c1)CCC2. The second kappa shape index (κ2) is 4.77. The van der Waals surface area contributed by atoms with Crippen molar-refractivity contribution < 1.29 is 13.2 Å². The lowest BCUT2D eigenvalue weighted by molar-refractivity contribution is -0.137. The lowest BCUT2D eigenvalue weighted by Gasteiger charge is -2.10. The molecule has 0 spiro atoms. The highest BCUT2D eigenvalue weighted by Gasteiger charge is 2.30. The summed E-state index contributed by atoms with van der Waals surface area (Å²) >= 11 is 1.44. The molecule has 0 aliphatic heterocycles. The zero-order valence-electron chi connectivity index (χ0n) is 10.6. The number of hydrogen-bond donors (Lipinski definition) is 1. The molecule has 1 aliphatic carbocycles. The lowest BCUT2D eigenvalue weighted by atomic mass is 10.1. The summed E-state index contributed by atoms with van der Waals surface area (Å²) in [5.41, 5.74) is 1.08. The second-order valence-electron chi connectivity index (χ2n) is 4.91. The molecule has 20 heavy (non-hydrogen) atoms. The first-order chi connectivity index (χ1) is 9.45. The summed E-state index contributed by atoms with van der Waals surface area (Å²) in [4.78, 5) is 1.63. The molecule has 1 aromatic heterocycles. The minimum absolute atomic E-state index is 0.342.